The third kappa shape index (κ3) is 1.64. The van der Waals surface area contributed by atoms with E-state index in [2.05, 4.69) is 0 Å². The van der Waals surface area contributed by atoms with E-state index in [1.165, 1.54) is 0 Å². The highest BCUT2D eigenvalue weighted by Gasteiger charge is 2.44. The number of aliphatic hydroxyl groups excluding tert-OH is 1. The van der Waals surface area contributed by atoms with E-state index < -0.39 is 23.8 Å². The van der Waals surface area contributed by atoms with Gasteiger partial charge in [-0.2, -0.15) is 0 Å². The summed E-state index contributed by atoms with van der Waals surface area (Å²) in [5, 5.41) is 20.5. The molecule has 0 aromatic heterocycles. The highest BCUT2D eigenvalue weighted by molar-refractivity contribution is 5.96. The van der Waals surface area contributed by atoms with E-state index in [0.29, 0.717) is 11.1 Å². The number of aliphatic hydroxyl groups is 2. The number of esters is 1. The van der Waals surface area contributed by atoms with Crippen molar-refractivity contribution in [1.29, 1.82) is 0 Å². The summed E-state index contributed by atoms with van der Waals surface area (Å²) in [5.74, 6) is -0.411. The van der Waals surface area contributed by atoms with Crippen LogP contribution in [0.1, 0.15) is 47.0 Å². The van der Waals surface area contributed by atoms with Crippen LogP contribution in [0.15, 0.2) is 17.7 Å². The van der Waals surface area contributed by atoms with Crippen LogP contribution in [0.4, 0.5) is 0 Å². The summed E-state index contributed by atoms with van der Waals surface area (Å²) in [4.78, 5) is 11.8. The molecule has 0 bridgehead atoms. The number of hydrogen-bond acceptors (Lipinski definition) is 4. The first-order valence-corrected chi connectivity index (χ1v) is 6.27. The Kier molecular flexibility index (Phi) is 2.40. The van der Waals surface area contributed by atoms with E-state index in [1.807, 2.05) is 13.0 Å². The van der Waals surface area contributed by atoms with Crippen LogP contribution in [0.3, 0.4) is 0 Å². The minimum Gasteiger partial charge on any atom is -0.451 e. The molecule has 19 heavy (non-hydrogen) atoms. The predicted molar refractivity (Wildman–Crippen MR) is 69.6 cm³/mol. The van der Waals surface area contributed by atoms with E-state index in [4.69, 9.17) is 4.74 Å². The van der Waals surface area contributed by atoms with E-state index >= 15 is 0 Å². The van der Waals surface area contributed by atoms with Gasteiger partial charge in [-0.1, -0.05) is 6.07 Å². The molecule has 1 aromatic carbocycles. The van der Waals surface area contributed by atoms with Crippen LogP contribution in [0, 0.1) is 6.92 Å². The Morgan fingerprint density at radius 1 is 1.32 bits per heavy atom. The predicted octanol–water partition coefficient (Wildman–Crippen LogP) is 1.74. The second-order valence-electron chi connectivity index (χ2n) is 5.69. The number of rotatable bonds is 1. The molecule has 0 amide bonds. The zero-order valence-electron chi connectivity index (χ0n) is 11.1. The van der Waals surface area contributed by atoms with Gasteiger partial charge in [0.15, 0.2) is 6.10 Å². The fourth-order valence-corrected chi connectivity index (χ4v) is 2.82. The molecule has 0 radical (unpaired) electrons. The lowest BCUT2D eigenvalue weighted by atomic mass is 9.79. The van der Waals surface area contributed by atoms with Crippen molar-refractivity contribution in [2.24, 2.45) is 0 Å². The average molecular weight is 260 g/mol. The maximum absolute atomic E-state index is 11.8. The largest absolute Gasteiger partial charge is 0.451 e. The summed E-state index contributed by atoms with van der Waals surface area (Å²) in [6.07, 6.45) is 0.0698. The van der Waals surface area contributed by atoms with Crippen LogP contribution in [-0.2, 0) is 4.74 Å². The molecule has 2 unspecified atom stereocenters. The van der Waals surface area contributed by atoms with Crippen molar-refractivity contribution >= 4 is 12.0 Å². The number of aryl methyl sites for hydroxylation is 1. The normalized spacial score (nSPS) is 24.9. The smallest absolute Gasteiger partial charge is 0.339 e. The molecule has 2 aliphatic rings. The van der Waals surface area contributed by atoms with Crippen LogP contribution in [0.25, 0.3) is 6.08 Å². The Morgan fingerprint density at radius 3 is 2.63 bits per heavy atom. The number of carbonyl (C=O) groups excluding carboxylic acids is 1. The Morgan fingerprint density at radius 2 is 2.00 bits per heavy atom. The molecular weight excluding hydrogens is 244 g/mol. The van der Waals surface area contributed by atoms with Gasteiger partial charge in [-0.05, 0) is 49.6 Å². The molecule has 100 valence electrons. The zero-order valence-corrected chi connectivity index (χ0v) is 11.1. The van der Waals surface area contributed by atoms with E-state index in [9.17, 15) is 15.0 Å². The SMILES string of the molecule is Cc1ccc2c3c1C=C(C(C)(C)O)C(O)C3OC2=O. The Hall–Kier alpha value is -1.65. The van der Waals surface area contributed by atoms with Crippen molar-refractivity contribution in [3.63, 3.8) is 0 Å². The number of hydrogen-bond donors (Lipinski definition) is 2. The number of carbonyl (C=O) groups is 1. The molecule has 0 spiro atoms. The van der Waals surface area contributed by atoms with Gasteiger partial charge < -0.3 is 14.9 Å². The van der Waals surface area contributed by atoms with Crippen LogP contribution >= 0.6 is 0 Å². The maximum Gasteiger partial charge on any atom is 0.339 e. The Balaban J connectivity index is 2.28. The topological polar surface area (TPSA) is 66.8 Å². The van der Waals surface area contributed by atoms with Crippen molar-refractivity contribution < 1.29 is 19.7 Å². The molecule has 2 N–H and O–H groups in total. The van der Waals surface area contributed by atoms with E-state index in [1.54, 1.807) is 26.0 Å². The average Bonchev–Trinajstić information content (AvgIpc) is 2.63. The third-order valence-electron chi connectivity index (χ3n) is 3.86. The second kappa shape index (κ2) is 3.68. The van der Waals surface area contributed by atoms with Gasteiger partial charge in [-0.25, -0.2) is 4.79 Å². The van der Waals surface area contributed by atoms with Crippen molar-refractivity contribution in [3.05, 3.63) is 40.0 Å². The molecular formula is C15H16O4. The van der Waals surface area contributed by atoms with Crippen LogP contribution < -0.4 is 0 Å². The fraction of sp³-hybridized carbons (Fsp3) is 0.400. The van der Waals surface area contributed by atoms with Crippen LogP contribution in [0.5, 0.6) is 0 Å². The van der Waals surface area contributed by atoms with Gasteiger partial charge in [0, 0.05) is 5.56 Å². The summed E-state index contributed by atoms with van der Waals surface area (Å²) in [6, 6.07) is 3.58. The summed E-state index contributed by atoms with van der Waals surface area (Å²) in [6.45, 7) is 5.16. The van der Waals surface area contributed by atoms with Crippen molar-refractivity contribution in [1.82, 2.24) is 0 Å². The molecule has 0 saturated heterocycles. The monoisotopic (exact) mass is 260 g/mol. The fourth-order valence-electron chi connectivity index (χ4n) is 2.82. The molecule has 4 heteroatoms. The number of benzene rings is 1. The lowest BCUT2D eigenvalue weighted by Gasteiger charge is -2.33. The molecule has 1 aliphatic carbocycles. The van der Waals surface area contributed by atoms with Crippen molar-refractivity contribution in [2.45, 2.75) is 38.6 Å². The van der Waals surface area contributed by atoms with Crippen molar-refractivity contribution in [3.8, 4) is 0 Å². The minimum atomic E-state index is -1.16. The third-order valence-corrected chi connectivity index (χ3v) is 3.86. The van der Waals surface area contributed by atoms with E-state index in [-0.39, 0.29) is 0 Å². The molecule has 1 heterocycles. The summed E-state index contributed by atoms with van der Waals surface area (Å²) in [5.41, 5.74) is 2.43. The molecule has 2 atom stereocenters. The molecule has 3 rings (SSSR count). The lowest BCUT2D eigenvalue weighted by Crippen LogP contribution is -2.36. The minimum absolute atomic E-state index is 0.411. The summed E-state index contributed by atoms with van der Waals surface area (Å²) in [7, 11) is 0. The van der Waals surface area contributed by atoms with Crippen molar-refractivity contribution in [2.75, 3.05) is 0 Å². The van der Waals surface area contributed by atoms with Gasteiger partial charge in [-0.15, -0.1) is 0 Å². The van der Waals surface area contributed by atoms with Gasteiger partial charge in [0.05, 0.1) is 11.2 Å². The van der Waals surface area contributed by atoms with E-state index in [0.717, 1.165) is 16.7 Å². The maximum atomic E-state index is 11.8. The highest BCUT2D eigenvalue weighted by atomic mass is 16.6. The van der Waals surface area contributed by atoms with Gasteiger partial charge in [-0.3, -0.25) is 0 Å². The summed E-state index contributed by atoms with van der Waals surface area (Å²) >= 11 is 0. The molecule has 1 aromatic rings. The highest BCUT2D eigenvalue weighted by Crippen LogP contribution is 2.45. The van der Waals surface area contributed by atoms with Crippen LogP contribution in [0.2, 0.25) is 0 Å². The number of ether oxygens (including phenoxy) is 1. The molecule has 0 saturated carbocycles. The first kappa shape index (κ1) is 12.4. The first-order chi connectivity index (χ1) is 8.80. The standard InChI is InChI=1S/C15H16O4/c1-7-4-5-8-11-9(7)6-10(15(2,3)18)12(16)13(11)19-14(8)17/h4-6,12-13,16,18H,1-3H3. The van der Waals surface area contributed by atoms with Gasteiger partial charge in [0.1, 0.15) is 6.10 Å². The Bertz CT molecular complexity index is 607. The quantitative estimate of drug-likeness (QED) is 0.755. The molecule has 0 fully saturated rings. The van der Waals surface area contributed by atoms with Gasteiger partial charge >= 0.3 is 5.97 Å². The molecule has 1 aliphatic heterocycles. The summed E-state index contributed by atoms with van der Waals surface area (Å²) < 4.78 is 5.26. The van der Waals surface area contributed by atoms with Gasteiger partial charge in [0.25, 0.3) is 0 Å². The second-order valence-corrected chi connectivity index (χ2v) is 5.69. The Labute approximate surface area is 111 Å². The first-order valence-electron chi connectivity index (χ1n) is 6.27. The van der Waals surface area contributed by atoms with Crippen LogP contribution in [-0.4, -0.2) is 27.9 Å². The zero-order chi connectivity index (χ0) is 13.9. The van der Waals surface area contributed by atoms with Gasteiger partial charge in [0.2, 0.25) is 0 Å². The molecule has 4 nitrogen and oxygen atoms in total. The lowest BCUT2D eigenvalue weighted by molar-refractivity contribution is -0.0129.